The number of carbonyl (C=O) groups excluding carboxylic acids is 2. The molecule has 1 fully saturated rings. The second-order valence-corrected chi connectivity index (χ2v) is 9.14. The van der Waals surface area contributed by atoms with E-state index in [0.717, 1.165) is 22.2 Å². The first-order chi connectivity index (χ1) is 19.5. The van der Waals surface area contributed by atoms with Crippen LogP contribution in [0.3, 0.4) is 0 Å². The number of alkyl carbamates (subject to hydrolysis) is 1. The van der Waals surface area contributed by atoms with Gasteiger partial charge in [0, 0.05) is 22.5 Å². The van der Waals surface area contributed by atoms with E-state index >= 15 is 0 Å². The molecule has 1 saturated heterocycles. The fourth-order valence-corrected chi connectivity index (χ4v) is 4.52. The van der Waals surface area contributed by atoms with Gasteiger partial charge in [-0.25, -0.2) is 19.2 Å². The number of ether oxygens (including phenoxy) is 2. The molecule has 3 heterocycles. The Morgan fingerprint density at radius 2 is 2.10 bits per heavy atom. The molecule has 202 valence electrons. The van der Waals surface area contributed by atoms with Crippen LogP contribution in [0.25, 0.3) is 21.8 Å². The van der Waals surface area contributed by atoms with Crippen LogP contribution >= 0.6 is 0 Å². The van der Waals surface area contributed by atoms with Crippen LogP contribution < -0.4 is 20.7 Å². The van der Waals surface area contributed by atoms with Gasteiger partial charge in [-0.3, -0.25) is 9.48 Å². The number of nitrogens with zero attached hydrogens (tertiary/aromatic N) is 4. The highest BCUT2D eigenvalue weighted by molar-refractivity contribution is 6.02. The number of hydrogen-bond donors (Lipinski definition) is 3. The number of hydrogen-bond acceptors (Lipinski definition) is 8. The Bertz CT molecular complexity index is 1760. The van der Waals surface area contributed by atoms with Crippen LogP contribution in [0.5, 0.6) is 5.75 Å². The highest BCUT2D eigenvalue weighted by atomic mass is 19.1. The predicted octanol–water partition coefficient (Wildman–Crippen LogP) is 4.36. The van der Waals surface area contributed by atoms with E-state index in [0.29, 0.717) is 41.3 Å². The van der Waals surface area contributed by atoms with Crippen molar-refractivity contribution in [1.82, 2.24) is 25.1 Å². The van der Waals surface area contributed by atoms with Gasteiger partial charge in [0.1, 0.15) is 36.4 Å². The Hall–Kier alpha value is -5.26. The summed E-state index contributed by atoms with van der Waals surface area (Å²) in [5, 5.41) is 14.7. The standard InChI is InChI=1S/C28H24FN7O4/c1-2-39-25-11-21-20(10-22(25)34-27(37)23-14-40-28(38)35-23)26(31-15-30-21)33-19-7-6-17-12-32-36(24(17)9-19)13-16-4-3-5-18(29)8-16/h3-12,15,23H,2,13-14H2,1H3,(H,34,37)(H,35,38)(H,30,31,33)/t23-/m0/s1. The van der Waals surface area contributed by atoms with Crippen molar-refractivity contribution in [2.24, 2.45) is 0 Å². The topological polar surface area (TPSA) is 132 Å². The van der Waals surface area contributed by atoms with Crippen LogP contribution in [-0.4, -0.2) is 51.0 Å². The molecule has 5 aromatic rings. The molecule has 1 atom stereocenters. The lowest BCUT2D eigenvalue weighted by Crippen LogP contribution is -2.38. The molecule has 40 heavy (non-hydrogen) atoms. The molecule has 11 nitrogen and oxygen atoms in total. The molecule has 0 spiro atoms. The SMILES string of the molecule is CCOc1cc2ncnc(Nc3ccc4cnn(Cc5cccc(F)c5)c4c3)c2cc1NC(=O)[C@@H]1COC(=O)N1. The quantitative estimate of drug-likeness (QED) is 0.264. The predicted molar refractivity (Wildman–Crippen MR) is 146 cm³/mol. The fourth-order valence-electron chi connectivity index (χ4n) is 4.52. The van der Waals surface area contributed by atoms with Crippen molar-refractivity contribution in [3.05, 3.63) is 78.5 Å². The molecule has 3 aromatic carbocycles. The first kappa shape index (κ1) is 25.0. The fraction of sp³-hybridized carbons (Fsp3) is 0.179. The number of cyclic esters (lactones) is 1. The first-order valence-electron chi connectivity index (χ1n) is 12.6. The summed E-state index contributed by atoms with van der Waals surface area (Å²) >= 11 is 0. The Kier molecular flexibility index (Phi) is 6.56. The maximum atomic E-state index is 13.7. The summed E-state index contributed by atoms with van der Waals surface area (Å²) in [5.41, 5.74) is 3.42. The molecule has 2 aromatic heterocycles. The van der Waals surface area contributed by atoms with E-state index in [1.165, 1.54) is 18.5 Å². The van der Waals surface area contributed by atoms with Crippen LogP contribution in [-0.2, 0) is 16.1 Å². The summed E-state index contributed by atoms with van der Waals surface area (Å²) in [6.45, 7) is 2.56. The van der Waals surface area contributed by atoms with Crippen LogP contribution in [0.1, 0.15) is 12.5 Å². The summed E-state index contributed by atoms with van der Waals surface area (Å²) in [6, 6.07) is 14.9. The summed E-state index contributed by atoms with van der Waals surface area (Å²) < 4.78 is 26.1. The second kappa shape index (κ2) is 10.5. The van der Waals surface area contributed by atoms with Gasteiger partial charge in [0.05, 0.1) is 36.1 Å². The lowest BCUT2D eigenvalue weighted by Gasteiger charge is -2.16. The zero-order valence-corrected chi connectivity index (χ0v) is 21.3. The molecule has 2 amide bonds. The van der Waals surface area contributed by atoms with Crippen molar-refractivity contribution < 1.29 is 23.5 Å². The highest BCUT2D eigenvalue weighted by Crippen LogP contribution is 2.34. The Balaban J connectivity index is 1.32. The lowest BCUT2D eigenvalue weighted by molar-refractivity contribution is -0.117. The molecule has 1 aliphatic rings. The van der Waals surface area contributed by atoms with Gasteiger partial charge < -0.3 is 25.4 Å². The average Bonchev–Trinajstić information content (AvgIpc) is 3.55. The Morgan fingerprint density at radius 3 is 2.90 bits per heavy atom. The first-order valence-corrected chi connectivity index (χ1v) is 12.6. The zero-order valence-electron chi connectivity index (χ0n) is 21.3. The van der Waals surface area contributed by atoms with Crippen molar-refractivity contribution in [1.29, 1.82) is 0 Å². The van der Waals surface area contributed by atoms with E-state index in [4.69, 9.17) is 9.47 Å². The molecule has 0 radical (unpaired) electrons. The molecule has 1 aliphatic heterocycles. The average molecular weight is 542 g/mol. The maximum Gasteiger partial charge on any atom is 0.407 e. The largest absolute Gasteiger partial charge is 0.492 e. The summed E-state index contributed by atoms with van der Waals surface area (Å²) in [6.07, 6.45) is 2.56. The van der Waals surface area contributed by atoms with Crippen molar-refractivity contribution in [3.63, 3.8) is 0 Å². The van der Waals surface area contributed by atoms with E-state index in [2.05, 4.69) is 31.0 Å². The summed E-state index contributed by atoms with van der Waals surface area (Å²) in [7, 11) is 0. The number of nitrogens with one attached hydrogen (secondary N) is 3. The summed E-state index contributed by atoms with van der Waals surface area (Å²) in [5.74, 6) is 0.211. The smallest absolute Gasteiger partial charge is 0.407 e. The monoisotopic (exact) mass is 541 g/mol. The van der Waals surface area contributed by atoms with Gasteiger partial charge in [-0.15, -0.1) is 0 Å². The number of halogens is 1. The third kappa shape index (κ3) is 5.06. The maximum absolute atomic E-state index is 13.7. The van der Waals surface area contributed by atoms with Crippen LogP contribution in [0.2, 0.25) is 0 Å². The van der Waals surface area contributed by atoms with Crippen molar-refractivity contribution in [2.45, 2.75) is 19.5 Å². The Morgan fingerprint density at radius 1 is 1.20 bits per heavy atom. The number of carbonyl (C=O) groups is 2. The Labute approximate surface area is 227 Å². The molecule has 0 aliphatic carbocycles. The van der Waals surface area contributed by atoms with E-state index in [9.17, 15) is 14.0 Å². The molecule has 12 heteroatoms. The zero-order chi connectivity index (χ0) is 27.6. The minimum absolute atomic E-state index is 0.0591. The van der Waals surface area contributed by atoms with E-state index < -0.39 is 18.0 Å². The minimum Gasteiger partial charge on any atom is -0.492 e. The lowest BCUT2D eigenvalue weighted by atomic mass is 10.1. The van der Waals surface area contributed by atoms with Gasteiger partial charge >= 0.3 is 6.09 Å². The van der Waals surface area contributed by atoms with E-state index in [-0.39, 0.29) is 12.4 Å². The van der Waals surface area contributed by atoms with Gasteiger partial charge in [-0.2, -0.15) is 5.10 Å². The molecule has 0 unspecified atom stereocenters. The second-order valence-electron chi connectivity index (χ2n) is 9.14. The van der Waals surface area contributed by atoms with E-state index in [1.807, 2.05) is 31.2 Å². The number of aromatic nitrogens is 4. The van der Waals surface area contributed by atoms with Crippen molar-refractivity contribution >= 4 is 51.0 Å². The molecule has 3 N–H and O–H groups in total. The molecule has 0 saturated carbocycles. The number of benzene rings is 3. The molecular formula is C28H24FN7O4. The molecule has 0 bridgehead atoms. The number of anilines is 3. The number of amides is 2. The molecular weight excluding hydrogens is 517 g/mol. The van der Waals surface area contributed by atoms with Gasteiger partial charge in [0.2, 0.25) is 0 Å². The number of rotatable bonds is 8. The minimum atomic E-state index is -0.814. The van der Waals surface area contributed by atoms with Gasteiger partial charge in [-0.1, -0.05) is 12.1 Å². The van der Waals surface area contributed by atoms with Gasteiger partial charge in [0.25, 0.3) is 5.91 Å². The summed E-state index contributed by atoms with van der Waals surface area (Å²) in [4.78, 5) is 33.0. The van der Waals surface area contributed by atoms with Crippen LogP contribution in [0.15, 0.2) is 67.1 Å². The van der Waals surface area contributed by atoms with Crippen LogP contribution in [0, 0.1) is 5.82 Å². The van der Waals surface area contributed by atoms with Gasteiger partial charge in [0.15, 0.2) is 0 Å². The third-order valence-electron chi connectivity index (χ3n) is 6.41. The normalized spacial score (nSPS) is 14.7. The highest BCUT2D eigenvalue weighted by Gasteiger charge is 2.29. The third-order valence-corrected chi connectivity index (χ3v) is 6.41. The van der Waals surface area contributed by atoms with E-state index in [1.54, 1.807) is 29.1 Å². The van der Waals surface area contributed by atoms with Gasteiger partial charge in [-0.05, 0) is 48.9 Å². The van der Waals surface area contributed by atoms with Crippen molar-refractivity contribution in [2.75, 3.05) is 23.8 Å². The van der Waals surface area contributed by atoms with Crippen molar-refractivity contribution in [3.8, 4) is 5.75 Å². The molecule has 6 rings (SSSR count). The number of fused-ring (bicyclic) bond motifs is 2. The van der Waals surface area contributed by atoms with Crippen LogP contribution in [0.4, 0.5) is 26.4 Å².